The highest BCUT2D eigenvalue weighted by atomic mass is 35.5. The molecule has 0 aromatic heterocycles. The maximum Gasteiger partial charge on any atom is 0.354 e. The van der Waals surface area contributed by atoms with Crippen LogP contribution in [0.4, 0.5) is 5.69 Å². The summed E-state index contributed by atoms with van der Waals surface area (Å²) < 4.78 is 4.84. The summed E-state index contributed by atoms with van der Waals surface area (Å²) in [6.45, 7) is 1.85. The number of carboxylic acids is 1. The zero-order chi connectivity index (χ0) is 15.6. The summed E-state index contributed by atoms with van der Waals surface area (Å²) in [5.74, 6) is -1.75. The van der Waals surface area contributed by atoms with Crippen molar-refractivity contribution in [1.82, 2.24) is 0 Å². The Kier molecular flexibility index (Phi) is 4.69. The smallest absolute Gasteiger partial charge is 0.354 e. The van der Waals surface area contributed by atoms with Crippen LogP contribution in [0.15, 0.2) is 23.3 Å². The first-order valence-corrected chi connectivity index (χ1v) is 6.91. The molecule has 6 nitrogen and oxygen atoms in total. The van der Waals surface area contributed by atoms with E-state index in [4.69, 9.17) is 27.9 Å². The molecule has 2 rings (SSSR count). The summed E-state index contributed by atoms with van der Waals surface area (Å²) in [6.07, 6.45) is -0.0585. The third kappa shape index (κ3) is 3.28. The van der Waals surface area contributed by atoms with Gasteiger partial charge < -0.3 is 9.84 Å². The minimum absolute atomic E-state index is 0.0419. The van der Waals surface area contributed by atoms with Crippen molar-refractivity contribution in [2.45, 2.75) is 19.4 Å². The number of halogens is 2. The van der Waals surface area contributed by atoms with Crippen LogP contribution < -0.4 is 5.01 Å². The minimum Gasteiger partial charge on any atom is -0.480 e. The summed E-state index contributed by atoms with van der Waals surface area (Å²) in [6, 6.07) is 3.59. The van der Waals surface area contributed by atoms with Gasteiger partial charge in [0.05, 0.1) is 17.3 Å². The molecule has 1 heterocycles. The van der Waals surface area contributed by atoms with Crippen LogP contribution in [0.25, 0.3) is 0 Å². The van der Waals surface area contributed by atoms with Gasteiger partial charge in [-0.05, 0) is 25.1 Å². The molecule has 1 atom stereocenters. The van der Waals surface area contributed by atoms with Crippen LogP contribution in [-0.2, 0) is 14.3 Å². The molecule has 1 aromatic carbocycles. The van der Waals surface area contributed by atoms with Crippen LogP contribution in [0.1, 0.15) is 13.3 Å². The van der Waals surface area contributed by atoms with E-state index >= 15 is 0 Å². The zero-order valence-corrected chi connectivity index (χ0v) is 12.6. The second-order valence-electron chi connectivity index (χ2n) is 4.27. The highest BCUT2D eigenvalue weighted by Gasteiger charge is 2.37. The number of aliphatic carboxylic acids is 1. The highest BCUT2D eigenvalue weighted by Crippen LogP contribution is 2.33. The van der Waals surface area contributed by atoms with Crippen LogP contribution in [0.2, 0.25) is 10.0 Å². The lowest BCUT2D eigenvalue weighted by molar-refractivity contribution is -0.138. The van der Waals surface area contributed by atoms with E-state index in [1.807, 2.05) is 0 Å². The van der Waals surface area contributed by atoms with Gasteiger partial charge in [-0.3, -0.25) is 0 Å². The number of esters is 1. The lowest BCUT2D eigenvalue weighted by Gasteiger charge is -2.21. The highest BCUT2D eigenvalue weighted by molar-refractivity contribution is 6.38. The van der Waals surface area contributed by atoms with Gasteiger partial charge >= 0.3 is 11.9 Å². The van der Waals surface area contributed by atoms with Crippen LogP contribution in [0.3, 0.4) is 0 Å². The molecular weight excluding hydrogens is 319 g/mol. The van der Waals surface area contributed by atoms with E-state index in [-0.39, 0.29) is 18.7 Å². The van der Waals surface area contributed by atoms with E-state index in [1.54, 1.807) is 13.0 Å². The molecule has 0 radical (unpaired) electrons. The molecule has 0 fully saturated rings. The third-order valence-corrected chi connectivity index (χ3v) is 3.42. The van der Waals surface area contributed by atoms with Crippen molar-refractivity contribution in [2.75, 3.05) is 11.6 Å². The van der Waals surface area contributed by atoms with E-state index < -0.39 is 18.0 Å². The first kappa shape index (κ1) is 15.6. The molecule has 0 spiro atoms. The van der Waals surface area contributed by atoms with Crippen LogP contribution in [-0.4, -0.2) is 35.4 Å². The normalized spacial score (nSPS) is 17.6. The molecule has 0 saturated heterocycles. The summed E-state index contributed by atoms with van der Waals surface area (Å²) in [4.78, 5) is 23.1. The molecule has 21 heavy (non-hydrogen) atoms. The van der Waals surface area contributed by atoms with Gasteiger partial charge in [0.25, 0.3) is 0 Å². The largest absolute Gasteiger partial charge is 0.480 e. The van der Waals surface area contributed by atoms with Gasteiger partial charge in [-0.15, -0.1) is 0 Å². The lowest BCUT2D eigenvalue weighted by Crippen LogP contribution is -2.34. The molecular formula is C13H12Cl2N2O4. The molecule has 0 amide bonds. The minimum atomic E-state index is -1.12. The summed E-state index contributed by atoms with van der Waals surface area (Å²) in [5.41, 5.74) is 0.371. The maximum absolute atomic E-state index is 11.7. The molecule has 1 N–H and O–H groups in total. The number of hydrogen-bond acceptors (Lipinski definition) is 5. The van der Waals surface area contributed by atoms with Crippen molar-refractivity contribution in [3.05, 3.63) is 28.2 Å². The van der Waals surface area contributed by atoms with Crippen molar-refractivity contribution >= 4 is 46.5 Å². The van der Waals surface area contributed by atoms with Crippen LogP contribution in [0.5, 0.6) is 0 Å². The van der Waals surface area contributed by atoms with Crippen LogP contribution in [0, 0.1) is 0 Å². The van der Waals surface area contributed by atoms with Gasteiger partial charge in [-0.2, -0.15) is 5.10 Å². The van der Waals surface area contributed by atoms with Crippen LogP contribution >= 0.6 is 23.2 Å². The molecule has 0 saturated carbocycles. The summed E-state index contributed by atoms with van der Waals surface area (Å²) in [7, 11) is 0. The van der Waals surface area contributed by atoms with Crippen molar-refractivity contribution in [1.29, 1.82) is 0 Å². The first-order valence-electron chi connectivity index (χ1n) is 6.15. The molecule has 1 aromatic rings. The van der Waals surface area contributed by atoms with E-state index in [1.165, 1.54) is 17.1 Å². The number of rotatable bonds is 4. The average molecular weight is 331 g/mol. The average Bonchev–Trinajstić information content (AvgIpc) is 2.87. The van der Waals surface area contributed by atoms with Crippen molar-refractivity contribution in [3.63, 3.8) is 0 Å². The van der Waals surface area contributed by atoms with E-state index in [9.17, 15) is 14.7 Å². The van der Waals surface area contributed by atoms with Crippen molar-refractivity contribution in [3.8, 4) is 0 Å². The van der Waals surface area contributed by atoms with Crippen molar-refractivity contribution in [2.24, 2.45) is 5.10 Å². The fraction of sp³-hybridized carbons (Fsp3) is 0.308. The lowest BCUT2D eigenvalue weighted by atomic mass is 10.1. The van der Waals surface area contributed by atoms with Gasteiger partial charge in [-0.1, -0.05) is 23.2 Å². The predicted octanol–water partition coefficient (Wildman–Crippen LogP) is 2.58. The number of ether oxygens (including phenoxy) is 1. The zero-order valence-electron chi connectivity index (χ0n) is 11.0. The second kappa shape index (κ2) is 6.32. The van der Waals surface area contributed by atoms with E-state index in [2.05, 4.69) is 5.10 Å². The van der Waals surface area contributed by atoms with Gasteiger partial charge in [-0.25, -0.2) is 14.6 Å². The summed E-state index contributed by atoms with van der Waals surface area (Å²) >= 11 is 12.0. The number of carbonyl (C=O) groups is 2. The Morgan fingerprint density at radius 1 is 1.48 bits per heavy atom. The number of nitrogens with zero attached hydrogens (tertiary/aromatic N) is 2. The molecule has 0 unspecified atom stereocenters. The molecule has 0 aliphatic carbocycles. The van der Waals surface area contributed by atoms with Gasteiger partial charge in [0, 0.05) is 11.4 Å². The topological polar surface area (TPSA) is 79.2 Å². The molecule has 1 aliphatic rings. The Morgan fingerprint density at radius 2 is 2.19 bits per heavy atom. The number of hydrazone groups is 1. The van der Waals surface area contributed by atoms with Gasteiger partial charge in [0.1, 0.15) is 5.71 Å². The fourth-order valence-electron chi connectivity index (χ4n) is 1.92. The number of anilines is 1. The predicted molar refractivity (Wildman–Crippen MR) is 79.0 cm³/mol. The Hall–Kier alpha value is -1.79. The van der Waals surface area contributed by atoms with Gasteiger partial charge in [0.15, 0.2) is 6.04 Å². The second-order valence-corrected chi connectivity index (χ2v) is 5.11. The van der Waals surface area contributed by atoms with Gasteiger partial charge in [0.2, 0.25) is 0 Å². The molecule has 1 aliphatic heterocycles. The Bertz CT molecular complexity index is 618. The molecule has 0 bridgehead atoms. The number of hydrogen-bond donors (Lipinski definition) is 1. The quantitative estimate of drug-likeness (QED) is 0.858. The third-order valence-electron chi connectivity index (χ3n) is 2.86. The molecule has 112 valence electrons. The first-order chi connectivity index (χ1) is 9.93. The van der Waals surface area contributed by atoms with E-state index in [0.29, 0.717) is 15.7 Å². The van der Waals surface area contributed by atoms with E-state index in [0.717, 1.165) is 0 Å². The fourth-order valence-corrected chi connectivity index (χ4v) is 2.29. The SMILES string of the molecule is CCOC(=O)C1=NN(c2cc(Cl)ccc2Cl)[C@@H](C(=O)O)C1. The maximum atomic E-state index is 11.7. The Balaban J connectivity index is 2.40. The Morgan fingerprint density at radius 3 is 2.81 bits per heavy atom. The Labute approximate surface area is 130 Å². The molecule has 8 heteroatoms. The number of carbonyl (C=O) groups excluding carboxylic acids is 1. The number of benzene rings is 1. The summed E-state index contributed by atoms with van der Waals surface area (Å²) in [5, 5.41) is 15.2. The van der Waals surface area contributed by atoms with Crippen molar-refractivity contribution < 1.29 is 19.4 Å². The standard InChI is InChI=1S/C13H12Cl2N2O4/c1-2-21-13(20)9-6-11(12(18)19)17(16-9)10-5-7(14)3-4-8(10)15/h3-5,11H,2,6H2,1H3,(H,18,19)/t11-/m1/s1. The number of carboxylic acid groups (broad SMARTS) is 1. The monoisotopic (exact) mass is 330 g/mol.